The molecule has 0 amide bonds. The van der Waals surface area contributed by atoms with Crippen molar-refractivity contribution in [2.24, 2.45) is 5.41 Å². The Labute approximate surface area is 210 Å². The topological polar surface area (TPSA) is 104 Å². The number of methoxy groups -OCH3 is 1. The molecule has 1 saturated heterocycles. The van der Waals surface area contributed by atoms with Gasteiger partial charge in [0.1, 0.15) is 5.76 Å². The van der Waals surface area contributed by atoms with Gasteiger partial charge in [0.25, 0.3) is 0 Å². The minimum absolute atomic E-state index is 0.0341. The number of carbonyl (C=O) groups excluding carboxylic acids is 2. The van der Waals surface area contributed by atoms with E-state index in [1.54, 1.807) is 7.11 Å². The third kappa shape index (κ3) is 3.93. The SMILES string of the molecule is COC1=CC23CCCN2CCc2cc4c(cc2[C@@H]3C1OC(=O)[C@H](O)CC(=O)OCC1(C)CC1)OCO4. The van der Waals surface area contributed by atoms with Crippen molar-refractivity contribution in [1.82, 2.24) is 4.90 Å². The lowest BCUT2D eigenvalue weighted by molar-refractivity contribution is -0.165. The number of fused-ring (bicyclic) bond motifs is 3. The van der Waals surface area contributed by atoms with Crippen molar-refractivity contribution in [2.45, 2.75) is 69.1 Å². The van der Waals surface area contributed by atoms with Crippen LogP contribution in [0.4, 0.5) is 0 Å². The standard InChI is InChI=1S/C27H33NO8/c1-26(6-7-26)14-33-22(30)12-18(29)25(31)36-24-21(32-2)13-27-5-3-8-28(27)9-4-16-10-19-20(35-15-34-19)11-17(16)23(24)27/h10-11,13,18,23-24,29H,3-9,12,14-15H2,1-2H3/t18-,23-,24?,27?/m1/s1. The van der Waals surface area contributed by atoms with Gasteiger partial charge >= 0.3 is 11.9 Å². The third-order valence-corrected chi connectivity index (χ3v) is 8.52. The molecule has 9 nitrogen and oxygen atoms in total. The lowest BCUT2D eigenvalue weighted by Crippen LogP contribution is -2.47. The Morgan fingerprint density at radius 1 is 1.19 bits per heavy atom. The fourth-order valence-electron chi connectivity index (χ4n) is 6.21. The summed E-state index contributed by atoms with van der Waals surface area (Å²) in [4.78, 5) is 27.7. The van der Waals surface area contributed by atoms with E-state index in [4.69, 9.17) is 23.7 Å². The Balaban J connectivity index is 1.26. The van der Waals surface area contributed by atoms with E-state index in [9.17, 15) is 14.7 Å². The van der Waals surface area contributed by atoms with Crippen LogP contribution in [-0.2, 0) is 30.2 Å². The fourth-order valence-corrected chi connectivity index (χ4v) is 6.21. The van der Waals surface area contributed by atoms with Crippen LogP contribution in [0.25, 0.3) is 0 Å². The highest BCUT2D eigenvalue weighted by Gasteiger charge is 2.58. The van der Waals surface area contributed by atoms with Gasteiger partial charge in [0.15, 0.2) is 23.7 Å². The van der Waals surface area contributed by atoms with E-state index in [2.05, 4.69) is 11.0 Å². The number of aliphatic hydroxyl groups excluding tert-OH is 1. The molecule has 5 aliphatic rings. The normalized spacial score (nSPS) is 29.8. The Hall–Kier alpha value is -2.78. The minimum atomic E-state index is -1.61. The molecule has 194 valence electrons. The number of nitrogens with zero attached hydrogens (tertiary/aromatic N) is 1. The van der Waals surface area contributed by atoms with Crippen molar-refractivity contribution in [3.05, 3.63) is 35.1 Å². The first-order chi connectivity index (χ1) is 17.3. The minimum Gasteiger partial charge on any atom is -0.497 e. The highest BCUT2D eigenvalue weighted by Crippen LogP contribution is 2.55. The average Bonchev–Trinajstić information content (AvgIpc) is 3.18. The van der Waals surface area contributed by atoms with Crippen LogP contribution in [0, 0.1) is 5.41 Å². The van der Waals surface area contributed by atoms with E-state index >= 15 is 0 Å². The van der Waals surface area contributed by atoms with Gasteiger partial charge in [-0.3, -0.25) is 9.69 Å². The van der Waals surface area contributed by atoms with Crippen LogP contribution in [0.15, 0.2) is 24.0 Å². The van der Waals surface area contributed by atoms with Crippen molar-refractivity contribution in [3.8, 4) is 11.5 Å². The maximum absolute atomic E-state index is 13.0. The molecule has 0 radical (unpaired) electrons. The maximum Gasteiger partial charge on any atom is 0.336 e. The van der Waals surface area contributed by atoms with Gasteiger partial charge in [-0.05, 0) is 68.0 Å². The van der Waals surface area contributed by atoms with Gasteiger partial charge in [0, 0.05) is 12.0 Å². The maximum atomic E-state index is 13.0. The number of carbonyl (C=O) groups is 2. The summed E-state index contributed by atoms with van der Waals surface area (Å²) in [6.07, 6.45) is 4.11. The van der Waals surface area contributed by atoms with Crippen LogP contribution in [0.3, 0.4) is 0 Å². The van der Waals surface area contributed by atoms with Gasteiger partial charge in [-0.1, -0.05) is 6.92 Å². The molecule has 2 unspecified atom stereocenters. The van der Waals surface area contributed by atoms with Crippen molar-refractivity contribution in [3.63, 3.8) is 0 Å². The molecule has 0 bridgehead atoms. The van der Waals surface area contributed by atoms with E-state index in [0.717, 1.165) is 62.1 Å². The number of ether oxygens (including phenoxy) is 5. The van der Waals surface area contributed by atoms with Crippen LogP contribution in [-0.4, -0.2) is 73.3 Å². The number of hydrogen-bond donors (Lipinski definition) is 1. The molecule has 4 atom stereocenters. The largest absolute Gasteiger partial charge is 0.497 e. The molecule has 6 rings (SSSR count). The Kier molecular flexibility index (Phi) is 5.68. The molecule has 1 saturated carbocycles. The van der Waals surface area contributed by atoms with Gasteiger partial charge < -0.3 is 28.8 Å². The van der Waals surface area contributed by atoms with Crippen LogP contribution in [0.5, 0.6) is 11.5 Å². The lowest BCUT2D eigenvalue weighted by atomic mass is 9.77. The second-order valence-electron chi connectivity index (χ2n) is 11.0. The van der Waals surface area contributed by atoms with Crippen molar-refractivity contribution in [2.75, 3.05) is 33.6 Å². The Morgan fingerprint density at radius 3 is 2.72 bits per heavy atom. The molecule has 3 aliphatic heterocycles. The summed E-state index contributed by atoms with van der Waals surface area (Å²) in [7, 11) is 1.57. The summed E-state index contributed by atoms with van der Waals surface area (Å²) in [5.41, 5.74) is 1.84. The summed E-state index contributed by atoms with van der Waals surface area (Å²) < 4.78 is 28.3. The summed E-state index contributed by atoms with van der Waals surface area (Å²) >= 11 is 0. The lowest BCUT2D eigenvalue weighted by Gasteiger charge is -2.39. The zero-order valence-corrected chi connectivity index (χ0v) is 20.8. The zero-order valence-electron chi connectivity index (χ0n) is 20.8. The molecule has 1 aromatic rings. The quantitative estimate of drug-likeness (QED) is 0.567. The molecule has 9 heteroatoms. The van der Waals surface area contributed by atoms with Gasteiger partial charge in [-0.25, -0.2) is 4.79 Å². The fraction of sp³-hybridized carbons (Fsp3) is 0.630. The van der Waals surface area contributed by atoms with Gasteiger partial charge in [-0.2, -0.15) is 0 Å². The Morgan fingerprint density at radius 2 is 1.97 bits per heavy atom. The van der Waals surface area contributed by atoms with E-state index in [1.165, 1.54) is 0 Å². The first-order valence-electron chi connectivity index (χ1n) is 12.8. The second-order valence-corrected chi connectivity index (χ2v) is 11.0. The van der Waals surface area contributed by atoms with Crippen molar-refractivity contribution < 1.29 is 38.4 Å². The molecule has 2 fully saturated rings. The molecule has 36 heavy (non-hydrogen) atoms. The van der Waals surface area contributed by atoms with E-state index in [1.807, 2.05) is 19.1 Å². The second kappa shape index (κ2) is 8.66. The van der Waals surface area contributed by atoms with Crippen LogP contribution in [0.1, 0.15) is 56.1 Å². The van der Waals surface area contributed by atoms with Crippen molar-refractivity contribution >= 4 is 11.9 Å². The summed E-state index contributed by atoms with van der Waals surface area (Å²) in [6.45, 7) is 4.34. The molecular formula is C27H33NO8. The number of rotatable bonds is 7. The van der Waals surface area contributed by atoms with Crippen LogP contribution >= 0.6 is 0 Å². The summed E-state index contributed by atoms with van der Waals surface area (Å²) in [5, 5.41) is 10.5. The molecule has 2 aliphatic carbocycles. The zero-order chi connectivity index (χ0) is 25.1. The third-order valence-electron chi connectivity index (χ3n) is 8.52. The molecular weight excluding hydrogens is 466 g/mol. The predicted molar refractivity (Wildman–Crippen MR) is 126 cm³/mol. The van der Waals surface area contributed by atoms with Gasteiger partial charge in [-0.15, -0.1) is 0 Å². The molecule has 1 spiro atoms. The first-order valence-corrected chi connectivity index (χ1v) is 12.8. The number of esters is 2. The smallest absolute Gasteiger partial charge is 0.336 e. The van der Waals surface area contributed by atoms with Crippen LogP contribution < -0.4 is 9.47 Å². The number of hydrogen-bond acceptors (Lipinski definition) is 9. The summed E-state index contributed by atoms with van der Waals surface area (Å²) in [5.74, 6) is 0.268. The van der Waals surface area contributed by atoms with E-state index in [0.29, 0.717) is 18.1 Å². The van der Waals surface area contributed by atoms with E-state index < -0.39 is 30.6 Å². The van der Waals surface area contributed by atoms with Gasteiger partial charge in [0.05, 0.1) is 31.6 Å². The monoisotopic (exact) mass is 499 g/mol. The Bertz CT molecular complexity index is 1110. The number of benzene rings is 1. The molecule has 1 aromatic carbocycles. The first kappa shape index (κ1) is 23.6. The van der Waals surface area contributed by atoms with Gasteiger partial charge in [0.2, 0.25) is 6.79 Å². The van der Waals surface area contributed by atoms with E-state index in [-0.39, 0.29) is 23.7 Å². The molecule has 3 heterocycles. The highest BCUT2D eigenvalue weighted by atomic mass is 16.7. The van der Waals surface area contributed by atoms with Crippen molar-refractivity contribution in [1.29, 1.82) is 0 Å². The van der Waals surface area contributed by atoms with Crippen LogP contribution in [0.2, 0.25) is 0 Å². The highest BCUT2D eigenvalue weighted by molar-refractivity contribution is 5.82. The molecule has 1 N–H and O–H groups in total. The summed E-state index contributed by atoms with van der Waals surface area (Å²) in [6, 6.07) is 4.04. The number of aliphatic hydroxyl groups is 1. The molecule has 0 aromatic heterocycles. The average molecular weight is 500 g/mol. The predicted octanol–water partition coefficient (Wildman–Crippen LogP) is 2.44.